The van der Waals surface area contributed by atoms with E-state index in [0.717, 1.165) is 16.9 Å². The first kappa shape index (κ1) is 16.7. The van der Waals surface area contributed by atoms with Crippen LogP contribution in [0.2, 0.25) is 0 Å². The smallest absolute Gasteiger partial charge is 0.278 e. The molecule has 0 aliphatic carbocycles. The molecule has 1 aromatic heterocycles. The zero-order valence-corrected chi connectivity index (χ0v) is 14.2. The summed E-state index contributed by atoms with van der Waals surface area (Å²) in [4.78, 5) is 15.1. The van der Waals surface area contributed by atoms with E-state index >= 15 is 0 Å². The predicted octanol–water partition coefficient (Wildman–Crippen LogP) is 4.58. The standard InChI is InChI=1S/C19H20N4O2/c1-13(2)22-15-6-3-5-14(11-15)12-21-17-8-9-18(23(24)25)16-7-4-10-20-19(16)17/h3-11,13,21-22H,12H2,1-2H3. The zero-order valence-electron chi connectivity index (χ0n) is 14.2. The van der Waals surface area contributed by atoms with E-state index in [1.165, 1.54) is 6.07 Å². The van der Waals surface area contributed by atoms with Crippen LogP contribution in [0.5, 0.6) is 0 Å². The van der Waals surface area contributed by atoms with Crippen molar-refractivity contribution in [3.63, 3.8) is 0 Å². The van der Waals surface area contributed by atoms with Crippen LogP contribution in [0.15, 0.2) is 54.7 Å². The third kappa shape index (κ3) is 3.85. The fourth-order valence-electron chi connectivity index (χ4n) is 2.76. The van der Waals surface area contributed by atoms with Crippen molar-refractivity contribution in [2.75, 3.05) is 10.6 Å². The molecule has 25 heavy (non-hydrogen) atoms. The molecule has 3 rings (SSSR count). The van der Waals surface area contributed by atoms with Crippen LogP contribution in [-0.2, 0) is 6.54 Å². The highest BCUT2D eigenvalue weighted by Crippen LogP contribution is 2.30. The lowest BCUT2D eigenvalue weighted by atomic mass is 10.1. The van der Waals surface area contributed by atoms with Gasteiger partial charge in [-0.1, -0.05) is 12.1 Å². The van der Waals surface area contributed by atoms with Gasteiger partial charge in [0.25, 0.3) is 5.69 Å². The van der Waals surface area contributed by atoms with Crippen LogP contribution in [0.25, 0.3) is 10.9 Å². The topological polar surface area (TPSA) is 80.1 Å². The number of rotatable bonds is 6. The Morgan fingerprint density at radius 3 is 2.76 bits per heavy atom. The quantitative estimate of drug-likeness (QED) is 0.509. The van der Waals surface area contributed by atoms with Crippen molar-refractivity contribution < 1.29 is 4.92 Å². The predicted molar refractivity (Wildman–Crippen MR) is 101 cm³/mol. The number of nitro benzene ring substituents is 1. The maximum Gasteiger partial charge on any atom is 0.278 e. The SMILES string of the molecule is CC(C)Nc1cccc(CNc2ccc([N+](=O)[O-])c3cccnc23)c1. The molecular weight excluding hydrogens is 316 g/mol. The first-order valence-electron chi connectivity index (χ1n) is 8.16. The molecule has 0 saturated heterocycles. The van der Waals surface area contributed by atoms with E-state index in [-0.39, 0.29) is 10.6 Å². The van der Waals surface area contributed by atoms with Crippen molar-refractivity contribution in [1.82, 2.24) is 4.98 Å². The summed E-state index contributed by atoms with van der Waals surface area (Å²) in [5, 5.41) is 18.4. The highest BCUT2D eigenvalue weighted by molar-refractivity contribution is 5.96. The molecule has 0 aliphatic rings. The average molecular weight is 336 g/mol. The Morgan fingerprint density at radius 2 is 2.00 bits per heavy atom. The summed E-state index contributed by atoms with van der Waals surface area (Å²) < 4.78 is 0. The van der Waals surface area contributed by atoms with Crippen molar-refractivity contribution in [3.05, 3.63) is 70.4 Å². The van der Waals surface area contributed by atoms with Gasteiger partial charge in [-0.15, -0.1) is 0 Å². The number of non-ortho nitro benzene ring substituents is 1. The van der Waals surface area contributed by atoms with Gasteiger partial charge >= 0.3 is 0 Å². The molecule has 2 aromatic carbocycles. The molecule has 0 amide bonds. The molecule has 6 heteroatoms. The Balaban J connectivity index is 1.85. The van der Waals surface area contributed by atoms with E-state index in [9.17, 15) is 10.1 Å². The second-order valence-corrected chi connectivity index (χ2v) is 6.14. The molecule has 2 N–H and O–H groups in total. The highest BCUT2D eigenvalue weighted by atomic mass is 16.6. The zero-order chi connectivity index (χ0) is 17.8. The second kappa shape index (κ2) is 7.17. The molecule has 0 radical (unpaired) electrons. The molecule has 0 saturated carbocycles. The number of anilines is 2. The van der Waals surface area contributed by atoms with Crippen LogP contribution in [0.4, 0.5) is 17.1 Å². The van der Waals surface area contributed by atoms with Gasteiger partial charge in [-0.2, -0.15) is 0 Å². The van der Waals surface area contributed by atoms with Crippen molar-refractivity contribution >= 4 is 28.0 Å². The summed E-state index contributed by atoms with van der Waals surface area (Å²) in [6.45, 7) is 4.80. The van der Waals surface area contributed by atoms with E-state index in [1.54, 1.807) is 24.4 Å². The molecule has 0 atom stereocenters. The highest BCUT2D eigenvalue weighted by Gasteiger charge is 2.14. The van der Waals surface area contributed by atoms with Crippen molar-refractivity contribution in [2.24, 2.45) is 0 Å². The molecular formula is C19H20N4O2. The molecule has 0 fully saturated rings. The number of fused-ring (bicyclic) bond motifs is 1. The average Bonchev–Trinajstić information content (AvgIpc) is 2.59. The van der Waals surface area contributed by atoms with Crippen LogP contribution in [0.3, 0.4) is 0 Å². The summed E-state index contributed by atoms with van der Waals surface area (Å²) in [6, 6.07) is 15.2. The molecule has 0 bridgehead atoms. The van der Waals surface area contributed by atoms with Crippen molar-refractivity contribution in [3.8, 4) is 0 Å². The second-order valence-electron chi connectivity index (χ2n) is 6.14. The van der Waals surface area contributed by atoms with Gasteiger partial charge in [0.15, 0.2) is 0 Å². The fraction of sp³-hybridized carbons (Fsp3) is 0.211. The van der Waals surface area contributed by atoms with Gasteiger partial charge < -0.3 is 10.6 Å². The summed E-state index contributed by atoms with van der Waals surface area (Å²) in [6.07, 6.45) is 1.64. The minimum Gasteiger partial charge on any atom is -0.383 e. The normalized spacial score (nSPS) is 10.8. The Bertz CT molecular complexity index is 909. The number of hydrogen-bond acceptors (Lipinski definition) is 5. The summed E-state index contributed by atoms with van der Waals surface area (Å²) in [5.74, 6) is 0. The van der Waals surface area contributed by atoms with Gasteiger partial charge in [0.2, 0.25) is 0 Å². The van der Waals surface area contributed by atoms with Crippen molar-refractivity contribution in [1.29, 1.82) is 0 Å². The maximum absolute atomic E-state index is 11.2. The third-order valence-electron chi connectivity index (χ3n) is 3.81. The number of benzene rings is 2. The largest absolute Gasteiger partial charge is 0.383 e. The summed E-state index contributed by atoms with van der Waals surface area (Å²) >= 11 is 0. The lowest BCUT2D eigenvalue weighted by Crippen LogP contribution is -2.10. The first-order valence-corrected chi connectivity index (χ1v) is 8.16. The van der Waals surface area contributed by atoms with Gasteiger partial charge in [0.05, 0.1) is 16.0 Å². The Morgan fingerprint density at radius 1 is 1.16 bits per heavy atom. The molecule has 0 unspecified atom stereocenters. The van der Waals surface area contributed by atoms with E-state index in [4.69, 9.17) is 0 Å². The molecule has 0 spiro atoms. The van der Waals surface area contributed by atoms with Gasteiger partial charge in [-0.05, 0) is 49.7 Å². The lowest BCUT2D eigenvalue weighted by molar-refractivity contribution is -0.383. The van der Waals surface area contributed by atoms with Crippen LogP contribution in [0.1, 0.15) is 19.4 Å². The monoisotopic (exact) mass is 336 g/mol. The van der Waals surface area contributed by atoms with Crippen LogP contribution in [0, 0.1) is 10.1 Å². The Kier molecular flexibility index (Phi) is 4.79. The van der Waals surface area contributed by atoms with Gasteiger partial charge in [-0.3, -0.25) is 15.1 Å². The minimum atomic E-state index is -0.380. The van der Waals surface area contributed by atoms with Crippen LogP contribution < -0.4 is 10.6 Å². The molecule has 0 aliphatic heterocycles. The number of nitrogens with zero attached hydrogens (tertiary/aromatic N) is 2. The van der Waals surface area contributed by atoms with E-state index in [2.05, 4.69) is 35.5 Å². The molecule has 1 heterocycles. The minimum absolute atomic E-state index is 0.0665. The Hall–Kier alpha value is -3.15. The number of pyridine rings is 1. The fourth-order valence-corrected chi connectivity index (χ4v) is 2.76. The van der Waals surface area contributed by atoms with Gasteiger partial charge in [-0.25, -0.2) is 0 Å². The molecule has 128 valence electrons. The number of nitro groups is 1. The Labute approximate surface area is 146 Å². The maximum atomic E-state index is 11.2. The summed E-state index contributed by atoms with van der Waals surface area (Å²) in [7, 11) is 0. The summed E-state index contributed by atoms with van der Waals surface area (Å²) in [5.41, 5.74) is 3.64. The molecule has 6 nitrogen and oxygen atoms in total. The van der Waals surface area contributed by atoms with E-state index in [0.29, 0.717) is 23.5 Å². The molecule has 3 aromatic rings. The number of nitrogens with one attached hydrogen (secondary N) is 2. The van der Waals surface area contributed by atoms with E-state index in [1.807, 2.05) is 18.2 Å². The van der Waals surface area contributed by atoms with Crippen LogP contribution in [-0.4, -0.2) is 15.9 Å². The van der Waals surface area contributed by atoms with Crippen LogP contribution >= 0.6 is 0 Å². The number of hydrogen-bond donors (Lipinski definition) is 2. The first-order chi connectivity index (χ1) is 12.0. The van der Waals surface area contributed by atoms with E-state index < -0.39 is 0 Å². The van der Waals surface area contributed by atoms with Gasteiger partial charge in [0, 0.05) is 30.5 Å². The van der Waals surface area contributed by atoms with Crippen molar-refractivity contribution in [2.45, 2.75) is 26.4 Å². The third-order valence-corrected chi connectivity index (χ3v) is 3.81. The van der Waals surface area contributed by atoms with Gasteiger partial charge in [0.1, 0.15) is 5.52 Å². The number of aromatic nitrogens is 1. The lowest BCUT2D eigenvalue weighted by Gasteiger charge is -2.13.